The lowest BCUT2D eigenvalue weighted by Gasteiger charge is -2.23. The van der Waals surface area contributed by atoms with Gasteiger partial charge in [-0.2, -0.15) is 0 Å². The topological polar surface area (TPSA) is 79.4 Å². The van der Waals surface area contributed by atoms with Gasteiger partial charge in [-0.05, 0) is 36.4 Å². The lowest BCUT2D eigenvalue weighted by Crippen LogP contribution is -2.33. The van der Waals surface area contributed by atoms with E-state index < -0.39 is 0 Å². The zero-order valence-corrected chi connectivity index (χ0v) is 22.1. The van der Waals surface area contributed by atoms with Gasteiger partial charge in [0.1, 0.15) is 34.8 Å². The molecule has 1 aromatic heterocycles. The summed E-state index contributed by atoms with van der Waals surface area (Å²) >= 11 is 1.63. The van der Waals surface area contributed by atoms with E-state index >= 15 is 0 Å². The highest BCUT2D eigenvalue weighted by molar-refractivity contribution is 7.21. The fourth-order valence-corrected chi connectivity index (χ4v) is 5.82. The molecule has 1 saturated heterocycles. The Morgan fingerprint density at radius 3 is 2.58 bits per heavy atom. The number of methoxy groups -OCH3 is 2. The van der Waals surface area contributed by atoms with Gasteiger partial charge < -0.3 is 28.6 Å². The van der Waals surface area contributed by atoms with Crippen LogP contribution in [0.3, 0.4) is 0 Å². The summed E-state index contributed by atoms with van der Waals surface area (Å²) in [5.41, 5.74) is 3.12. The predicted molar refractivity (Wildman–Crippen MR) is 145 cm³/mol. The van der Waals surface area contributed by atoms with Crippen LogP contribution in [0.25, 0.3) is 20.8 Å². The van der Waals surface area contributed by atoms with Gasteiger partial charge in [-0.25, -0.2) is 4.98 Å². The lowest BCUT2D eigenvalue weighted by atomic mass is 10.1. The zero-order valence-electron chi connectivity index (χ0n) is 21.3. The Kier molecular flexibility index (Phi) is 6.78. The standard InChI is InChI=1S/C29H28N2O6S/c1-33-22-7-5-8-23(34-2)26(22)29(32)31-11-13-36-27-19(16-31)14-18(15-24(27)37-20-10-12-35-17-20)28-30-21-6-3-4-9-25(21)38-28/h3-9,14-15,20H,10-13,16-17H2,1-2H3. The number of carbonyl (C=O) groups is 1. The highest BCUT2D eigenvalue weighted by Crippen LogP contribution is 2.42. The third-order valence-corrected chi connectivity index (χ3v) is 7.84. The van der Waals surface area contributed by atoms with Crippen molar-refractivity contribution >= 4 is 27.5 Å². The van der Waals surface area contributed by atoms with Crippen LogP contribution in [0.2, 0.25) is 0 Å². The number of thiazole rings is 1. The molecule has 1 atom stereocenters. The number of aromatic nitrogens is 1. The van der Waals surface area contributed by atoms with Crippen LogP contribution in [0, 0.1) is 0 Å². The molecule has 0 radical (unpaired) electrons. The van der Waals surface area contributed by atoms with Crippen molar-refractivity contribution in [3.05, 3.63) is 65.7 Å². The molecule has 2 aliphatic rings. The number of para-hydroxylation sites is 1. The summed E-state index contributed by atoms with van der Waals surface area (Å²) in [6, 6.07) is 17.5. The molecule has 1 unspecified atom stereocenters. The Hall–Kier alpha value is -3.82. The number of carbonyl (C=O) groups excluding carboxylic acids is 1. The maximum Gasteiger partial charge on any atom is 0.261 e. The third kappa shape index (κ3) is 4.63. The van der Waals surface area contributed by atoms with Crippen LogP contribution < -0.4 is 18.9 Å². The van der Waals surface area contributed by atoms with Crippen LogP contribution in [-0.2, 0) is 11.3 Å². The zero-order chi connectivity index (χ0) is 26.1. The van der Waals surface area contributed by atoms with Crippen molar-refractivity contribution in [3.8, 4) is 33.6 Å². The molecule has 9 heteroatoms. The second kappa shape index (κ2) is 10.5. The Morgan fingerprint density at radius 1 is 1.03 bits per heavy atom. The van der Waals surface area contributed by atoms with Crippen molar-refractivity contribution in [2.24, 2.45) is 0 Å². The molecule has 2 aliphatic heterocycles. The Labute approximate surface area is 224 Å². The van der Waals surface area contributed by atoms with Gasteiger partial charge in [-0.15, -0.1) is 11.3 Å². The second-order valence-corrected chi connectivity index (χ2v) is 10.2. The molecular weight excluding hydrogens is 504 g/mol. The fraction of sp³-hybridized carbons (Fsp3) is 0.310. The number of fused-ring (bicyclic) bond motifs is 2. The average Bonchev–Trinajstić information content (AvgIpc) is 3.57. The molecule has 0 saturated carbocycles. The summed E-state index contributed by atoms with van der Waals surface area (Å²) in [5.74, 6) is 2.05. The summed E-state index contributed by atoms with van der Waals surface area (Å²) in [6.07, 6.45) is 0.769. The molecule has 3 aromatic carbocycles. The van der Waals surface area contributed by atoms with E-state index in [0.29, 0.717) is 61.5 Å². The van der Waals surface area contributed by atoms with Crippen LogP contribution in [0.15, 0.2) is 54.6 Å². The van der Waals surface area contributed by atoms with Crippen LogP contribution in [0.5, 0.6) is 23.0 Å². The number of nitrogens with zero attached hydrogens (tertiary/aromatic N) is 2. The quantitative estimate of drug-likeness (QED) is 0.338. The van der Waals surface area contributed by atoms with Crippen LogP contribution >= 0.6 is 11.3 Å². The van der Waals surface area contributed by atoms with Gasteiger partial charge in [0.05, 0.1) is 44.2 Å². The summed E-state index contributed by atoms with van der Waals surface area (Å²) < 4.78 is 30.3. The van der Waals surface area contributed by atoms with Crippen LogP contribution in [0.4, 0.5) is 0 Å². The number of hydrogen-bond acceptors (Lipinski definition) is 8. The molecule has 0 bridgehead atoms. The fourth-order valence-electron chi connectivity index (χ4n) is 4.87. The van der Waals surface area contributed by atoms with E-state index in [2.05, 4.69) is 12.1 Å². The van der Waals surface area contributed by atoms with E-state index in [-0.39, 0.29) is 12.0 Å². The number of benzene rings is 3. The van der Waals surface area contributed by atoms with Crippen molar-refractivity contribution < 1.29 is 28.5 Å². The molecule has 38 heavy (non-hydrogen) atoms. The first kappa shape index (κ1) is 24.5. The van der Waals surface area contributed by atoms with E-state index in [1.165, 1.54) is 0 Å². The molecular formula is C29H28N2O6S. The van der Waals surface area contributed by atoms with Crippen LogP contribution in [0.1, 0.15) is 22.3 Å². The van der Waals surface area contributed by atoms with Gasteiger partial charge >= 0.3 is 0 Å². The predicted octanol–water partition coefficient (Wildman–Crippen LogP) is 5.18. The van der Waals surface area contributed by atoms with E-state index in [9.17, 15) is 4.79 Å². The average molecular weight is 533 g/mol. The number of amides is 1. The first-order valence-electron chi connectivity index (χ1n) is 12.5. The van der Waals surface area contributed by atoms with Crippen molar-refractivity contribution in [2.75, 3.05) is 40.6 Å². The van der Waals surface area contributed by atoms with E-state index in [1.807, 2.05) is 24.3 Å². The Morgan fingerprint density at radius 2 is 1.84 bits per heavy atom. The third-order valence-electron chi connectivity index (χ3n) is 6.75. The van der Waals surface area contributed by atoms with Gasteiger partial charge in [0.25, 0.3) is 5.91 Å². The second-order valence-electron chi connectivity index (χ2n) is 9.17. The molecule has 196 valence electrons. The van der Waals surface area contributed by atoms with Gasteiger partial charge in [0.2, 0.25) is 0 Å². The maximum absolute atomic E-state index is 13.8. The molecule has 1 fully saturated rings. The first-order valence-corrected chi connectivity index (χ1v) is 13.4. The van der Waals surface area contributed by atoms with Crippen molar-refractivity contribution in [1.82, 2.24) is 9.88 Å². The largest absolute Gasteiger partial charge is 0.496 e. The normalized spacial score (nSPS) is 17.0. The van der Waals surface area contributed by atoms with E-state index in [4.69, 9.17) is 28.7 Å². The van der Waals surface area contributed by atoms with E-state index in [0.717, 1.165) is 32.8 Å². The minimum atomic E-state index is -0.187. The summed E-state index contributed by atoms with van der Waals surface area (Å²) in [7, 11) is 3.10. The molecule has 6 rings (SSSR count). The minimum absolute atomic E-state index is 0.0489. The maximum atomic E-state index is 13.8. The smallest absolute Gasteiger partial charge is 0.261 e. The molecule has 8 nitrogen and oxygen atoms in total. The molecule has 1 amide bonds. The van der Waals surface area contributed by atoms with Gasteiger partial charge in [0.15, 0.2) is 11.5 Å². The SMILES string of the molecule is COc1cccc(OC)c1C(=O)N1CCOc2c(cc(-c3nc4ccccc4s3)cc2OC2CCOC2)C1. The Bertz CT molecular complexity index is 1420. The highest BCUT2D eigenvalue weighted by Gasteiger charge is 2.29. The van der Waals surface area contributed by atoms with E-state index in [1.54, 1.807) is 48.7 Å². The summed E-state index contributed by atoms with van der Waals surface area (Å²) in [5, 5.41) is 0.884. The number of rotatable bonds is 6. The first-order chi connectivity index (χ1) is 18.6. The van der Waals surface area contributed by atoms with Gasteiger partial charge in [0, 0.05) is 24.1 Å². The van der Waals surface area contributed by atoms with Crippen molar-refractivity contribution in [1.29, 1.82) is 0 Å². The Balaban J connectivity index is 1.41. The molecule has 4 aromatic rings. The monoisotopic (exact) mass is 532 g/mol. The lowest BCUT2D eigenvalue weighted by molar-refractivity contribution is 0.0726. The highest BCUT2D eigenvalue weighted by atomic mass is 32.1. The van der Waals surface area contributed by atoms with Crippen molar-refractivity contribution in [3.63, 3.8) is 0 Å². The number of hydrogen-bond donors (Lipinski definition) is 0. The van der Waals surface area contributed by atoms with Crippen LogP contribution in [-0.4, -0.2) is 62.5 Å². The summed E-state index contributed by atoms with van der Waals surface area (Å²) in [4.78, 5) is 20.4. The molecule has 0 N–H and O–H groups in total. The summed E-state index contributed by atoms with van der Waals surface area (Å²) in [6.45, 7) is 2.28. The molecule has 0 spiro atoms. The van der Waals surface area contributed by atoms with Gasteiger partial charge in [-0.3, -0.25) is 4.79 Å². The molecule has 0 aliphatic carbocycles. The van der Waals surface area contributed by atoms with Crippen molar-refractivity contribution in [2.45, 2.75) is 19.1 Å². The van der Waals surface area contributed by atoms with Gasteiger partial charge in [-0.1, -0.05) is 18.2 Å². The number of ether oxygens (including phenoxy) is 5. The minimum Gasteiger partial charge on any atom is -0.496 e. The molecule has 3 heterocycles.